The van der Waals surface area contributed by atoms with E-state index in [9.17, 15) is 4.39 Å². The minimum atomic E-state index is -0.412. The first-order valence-corrected chi connectivity index (χ1v) is 5.10. The molecule has 0 atom stereocenters. The molecular weight excluding hydrogens is 219 g/mol. The number of H-pyrrole nitrogens is 1. The standard InChI is InChI=1S/C12H9FN4/c13-8-6-15-5-4-7(8)12-16-10-3-1-2-9(14)11(10)17-12/h1-6H,14H2,(H,16,17). The SMILES string of the molecule is Nc1cccc2[nH]c(-c3ccncc3F)nc12. The fourth-order valence-electron chi connectivity index (χ4n) is 1.75. The molecule has 0 aliphatic rings. The molecule has 0 spiro atoms. The van der Waals surface area contributed by atoms with E-state index in [1.165, 1.54) is 6.20 Å². The number of nitrogens with one attached hydrogen (secondary N) is 1. The van der Waals surface area contributed by atoms with E-state index in [1.54, 1.807) is 12.1 Å². The second kappa shape index (κ2) is 3.55. The lowest BCUT2D eigenvalue weighted by molar-refractivity contribution is 0.624. The van der Waals surface area contributed by atoms with Gasteiger partial charge in [-0.3, -0.25) is 4.98 Å². The van der Waals surface area contributed by atoms with Crippen LogP contribution in [0.25, 0.3) is 22.4 Å². The largest absolute Gasteiger partial charge is 0.397 e. The number of halogens is 1. The third-order valence-electron chi connectivity index (χ3n) is 2.57. The number of imidazole rings is 1. The van der Waals surface area contributed by atoms with E-state index in [4.69, 9.17) is 5.73 Å². The number of aromatic nitrogens is 3. The van der Waals surface area contributed by atoms with Gasteiger partial charge in [0.05, 0.1) is 23.0 Å². The van der Waals surface area contributed by atoms with Crippen molar-refractivity contribution in [3.63, 3.8) is 0 Å². The fourth-order valence-corrected chi connectivity index (χ4v) is 1.75. The third kappa shape index (κ3) is 1.52. The smallest absolute Gasteiger partial charge is 0.152 e. The van der Waals surface area contributed by atoms with Crippen LogP contribution in [0.5, 0.6) is 0 Å². The van der Waals surface area contributed by atoms with E-state index in [-0.39, 0.29) is 0 Å². The maximum Gasteiger partial charge on any atom is 0.152 e. The molecule has 0 saturated heterocycles. The lowest BCUT2D eigenvalue weighted by Gasteiger charge is -1.96. The Morgan fingerprint density at radius 3 is 2.88 bits per heavy atom. The number of nitrogens with zero attached hydrogens (tertiary/aromatic N) is 2. The number of aromatic amines is 1. The molecule has 0 amide bonds. The van der Waals surface area contributed by atoms with Crippen molar-refractivity contribution in [2.75, 3.05) is 5.73 Å². The number of nitrogens with two attached hydrogens (primary N) is 1. The van der Waals surface area contributed by atoms with Gasteiger partial charge in [-0.1, -0.05) is 6.07 Å². The lowest BCUT2D eigenvalue weighted by Crippen LogP contribution is -1.87. The highest BCUT2D eigenvalue weighted by Gasteiger charge is 2.10. The summed E-state index contributed by atoms with van der Waals surface area (Å²) >= 11 is 0. The van der Waals surface area contributed by atoms with Crippen LogP contribution in [0.15, 0.2) is 36.7 Å². The van der Waals surface area contributed by atoms with E-state index in [1.807, 2.05) is 12.1 Å². The summed E-state index contributed by atoms with van der Waals surface area (Å²) in [5, 5.41) is 0. The summed E-state index contributed by atoms with van der Waals surface area (Å²) in [7, 11) is 0. The molecule has 0 unspecified atom stereocenters. The number of benzene rings is 1. The zero-order valence-electron chi connectivity index (χ0n) is 8.81. The van der Waals surface area contributed by atoms with Crippen LogP contribution < -0.4 is 5.73 Å². The normalized spacial score (nSPS) is 10.9. The van der Waals surface area contributed by atoms with E-state index < -0.39 is 5.82 Å². The Hall–Kier alpha value is -2.43. The van der Waals surface area contributed by atoms with Crippen molar-refractivity contribution in [2.45, 2.75) is 0 Å². The van der Waals surface area contributed by atoms with Gasteiger partial charge in [0.25, 0.3) is 0 Å². The van der Waals surface area contributed by atoms with Crippen molar-refractivity contribution in [1.29, 1.82) is 0 Å². The van der Waals surface area contributed by atoms with Crippen molar-refractivity contribution in [3.8, 4) is 11.4 Å². The molecule has 84 valence electrons. The summed E-state index contributed by atoms with van der Waals surface area (Å²) < 4.78 is 13.6. The Labute approximate surface area is 96.3 Å². The first kappa shape index (κ1) is 9.77. The van der Waals surface area contributed by atoms with Crippen LogP contribution in [0.1, 0.15) is 0 Å². The van der Waals surface area contributed by atoms with Crippen LogP contribution in [-0.4, -0.2) is 15.0 Å². The molecule has 0 radical (unpaired) electrons. The number of fused-ring (bicyclic) bond motifs is 1. The number of hydrogen-bond acceptors (Lipinski definition) is 3. The summed E-state index contributed by atoms with van der Waals surface area (Å²) in [6, 6.07) is 7.00. The average Bonchev–Trinajstić information content (AvgIpc) is 2.75. The molecule has 1 aromatic carbocycles. The molecule has 0 fully saturated rings. The molecule has 3 N–H and O–H groups in total. The molecule has 2 aromatic heterocycles. The first-order valence-electron chi connectivity index (χ1n) is 5.10. The van der Waals surface area contributed by atoms with E-state index in [2.05, 4.69) is 15.0 Å². The molecule has 0 saturated carbocycles. The van der Waals surface area contributed by atoms with Gasteiger partial charge in [-0.05, 0) is 18.2 Å². The van der Waals surface area contributed by atoms with Gasteiger partial charge < -0.3 is 10.7 Å². The first-order chi connectivity index (χ1) is 8.25. The van der Waals surface area contributed by atoms with Crippen LogP contribution in [-0.2, 0) is 0 Å². The Morgan fingerprint density at radius 1 is 1.24 bits per heavy atom. The molecule has 3 aromatic rings. The van der Waals surface area contributed by atoms with Crippen molar-refractivity contribution in [1.82, 2.24) is 15.0 Å². The van der Waals surface area contributed by atoms with Crippen molar-refractivity contribution in [3.05, 3.63) is 42.5 Å². The maximum absolute atomic E-state index is 13.6. The second-order valence-electron chi connectivity index (χ2n) is 3.68. The van der Waals surface area contributed by atoms with Crippen molar-refractivity contribution in [2.24, 2.45) is 0 Å². The molecule has 4 nitrogen and oxygen atoms in total. The Balaban J connectivity index is 2.26. The monoisotopic (exact) mass is 228 g/mol. The maximum atomic E-state index is 13.6. The molecule has 0 bridgehead atoms. The van der Waals surface area contributed by atoms with Gasteiger partial charge >= 0.3 is 0 Å². The van der Waals surface area contributed by atoms with Gasteiger partial charge in [-0.2, -0.15) is 0 Å². The molecular formula is C12H9FN4. The Bertz CT molecular complexity index is 690. The van der Waals surface area contributed by atoms with Crippen molar-refractivity contribution >= 4 is 16.7 Å². The summed E-state index contributed by atoms with van der Waals surface area (Å²) in [5.74, 6) is 0.0444. The number of nitrogen functional groups attached to an aromatic ring is 1. The van der Waals surface area contributed by atoms with Crippen LogP contribution in [0.2, 0.25) is 0 Å². The molecule has 0 aliphatic heterocycles. The fraction of sp³-hybridized carbons (Fsp3) is 0. The van der Waals surface area contributed by atoms with Gasteiger partial charge in [-0.25, -0.2) is 9.37 Å². The van der Waals surface area contributed by atoms with Gasteiger partial charge in [-0.15, -0.1) is 0 Å². The predicted octanol–water partition coefficient (Wildman–Crippen LogP) is 2.35. The lowest BCUT2D eigenvalue weighted by atomic mass is 10.2. The highest BCUT2D eigenvalue weighted by atomic mass is 19.1. The summed E-state index contributed by atoms with van der Waals surface area (Å²) in [6.45, 7) is 0. The quantitative estimate of drug-likeness (QED) is 0.628. The van der Waals surface area contributed by atoms with Gasteiger partial charge in [0, 0.05) is 6.20 Å². The van der Waals surface area contributed by atoms with Crippen LogP contribution in [0, 0.1) is 5.82 Å². The van der Waals surface area contributed by atoms with E-state index in [0.717, 1.165) is 11.7 Å². The van der Waals surface area contributed by atoms with Crippen LogP contribution >= 0.6 is 0 Å². The Morgan fingerprint density at radius 2 is 2.12 bits per heavy atom. The van der Waals surface area contributed by atoms with Gasteiger partial charge in [0.1, 0.15) is 11.3 Å². The highest BCUT2D eigenvalue weighted by Crippen LogP contribution is 2.24. The summed E-state index contributed by atoms with van der Waals surface area (Å²) in [4.78, 5) is 11.0. The summed E-state index contributed by atoms with van der Waals surface area (Å²) in [5.41, 5.74) is 8.19. The number of rotatable bonds is 1. The highest BCUT2D eigenvalue weighted by molar-refractivity contribution is 5.89. The number of pyridine rings is 1. The molecule has 2 heterocycles. The zero-order chi connectivity index (χ0) is 11.8. The average molecular weight is 228 g/mol. The van der Waals surface area contributed by atoms with Gasteiger partial charge in [0.2, 0.25) is 0 Å². The predicted molar refractivity (Wildman–Crippen MR) is 63.7 cm³/mol. The topological polar surface area (TPSA) is 67.6 Å². The third-order valence-corrected chi connectivity index (χ3v) is 2.57. The minimum Gasteiger partial charge on any atom is -0.397 e. The van der Waals surface area contributed by atoms with Gasteiger partial charge in [0.15, 0.2) is 5.82 Å². The molecule has 17 heavy (non-hydrogen) atoms. The molecule has 3 rings (SSSR count). The van der Waals surface area contributed by atoms with E-state index in [0.29, 0.717) is 22.6 Å². The van der Waals surface area contributed by atoms with E-state index >= 15 is 0 Å². The van der Waals surface area contributed by atoms with Crippen molar-refractivity contribution < 1.29 is 4.39 Å². The number of para-hydroxylation sites is 1. The zero-order valence-corrected chi connectivity index (χ0v) is 8.81. The Kier molecular flexibility index (Phi) is 2.04. The second-order valence-corrected chi connectivity index (χ2v) is 3.68. The number of anilines is 1. The summed E-state index contributed by atoms with van der Waals surface area (Å²) in [6.07, 6.45) is 2.68. The van der Waals surface area contributed by atoms with Crippen LogP contribution in [0.4, 0.5) is 10.1 Å². The van der Waals surface area contributed by atoms with Crippen LogP contribution in [0.3, 0.4) is 0 Å². The molecule has 0 aliphatic carbocycles. The molecule has 5 heteroatoms. The minimum absolute atomic E-state index is 0.385. The number of hydrogen-bond donors (Lipinski definition) is 2.